The van der Waals surface area contributed by atoms with Gasteiger partial charge in [0.25, 0.3) is 0 Å². The van der Waals surface area contributed by atoms with E-state index in [1.165, 1.54) is 11.1 Å². The van der Waals surface area contributed by atoms with Crippen LogP contribution in [-0.2, 0) is 126 Å². The Morgan fingerprint density at radius 1 is 0.380 bits per heavy atom. The summed E-state index contributed by atoms with van der Waals surface area (Å²) < 4.78 is 10.4. The maximum Gasteiger partial charge on any atom is 0.114 e. The Hall–Kier alpha value is -7.85. The normalized spacial score (nSPS) is 10.7. The van der Waals surface area contributed by atoms with E-state index in [0.29, 0.717) is 0 Å². The molecule has 12 aromatic heterocycles. The third kappa shape index (κ3) is 14.7. The van der Waals surface area contributed by atoms with Crippen LogP contribution >= 0.6 is 0 Å². The number of aromatic nitrogens is 23. The molecule has 23 nitrogen and oxygen atoms in total. The Kier molecular flexibility index (Phi) is 24.3. The second-order valence-electron chi connectivity index (χ2n) is 21.0. The van der Waals surface area contributed by atoms with E-state index in [1.54, 1.807) is 28.9 Å². The van der Waals surface area contributed by atoms with Gasteiger partial charge in [-0.15, -0.1) is 182 Å². The number of fused-ring (bicyclic) bond motifs is 18. The van der Waals surface area contributed by atoms with E-state index >= 15 is 0 Å². The summed E-state index contributed by atoms with van der Waals surface area (Å²) in [5, 5.41) is 78.2. The summed E-state index contributed by atoms with van der Waals surface area (Å²) in [6, 6.07) is 60.7. The first-order valence-electron chi connectivity index (χ1n) is 27.0. The fourth-order valence-electron chi connectivity index (χ4n) is 9.95. The zero-order valence-corrected chi connectivity index (χ0v) is 63.7. The van der Waals surface area contributed by atoms with Crippen molar-refractivity contribution in [3.05, 3.63) is 223 Å². The monoisotopic (exact) mass is 2280 g/mol. The van der Waals surface area contributed by atoms with E-state index in [1.807, 2.05) is 147 Å². The van der Waals surface area contributed by atoms with E-state index in [4.69, 9.17) is 0 Å². The molecule has 0 amide bonds. The Bertz CT molecular complexity index is 5460. The summed E-state index contributed by atoms with van der Waals surface area (Å²) in [5.41, 5.74) is 10.3. The van der Waals surface area contributed by atoms with E-state index in [-0.39, 0.29) is 126 Å². The summed E-state index contributed by atoms with van der Waals surface area (Å²) in [6.07, 6.45) is 9.27. The van der Waals surface area contributed by atoms with Crippen LogP contribution in [0.25, 0.3) is 98.5 Å². The van der Waals surface area contributed by atoms with Gasteiger partial charge in [-0.3, -0.25) is 0 Å². The third-order valence-electron chi connectivity index (χ3n) is 14.1. The molecule has 0 N–H and O–H groups in total. The largest absolute Gasteiger partial charge is 0.330 e. The quantitative estimate of drug-likeness (QED) is 0.128. The maximum absolute atomic E-state index is 4.09. The number of rotatable bonds is 0. The maximum atomic E-state index is 4.09. The Balaban J connectivity index is 0.000000155. The molecule has 0 saturated heterocycles. The number of aryl methyl sites for hydroxylation is 4. The SMILES string of the molecule is CC(C)(C)c1cc2ccc[c-]c2c2nnnn12.Cc1c[c-]c2c(ccn3nnnc23)c1.Cc1cc2ccc[c-]c2c2nnnn12.Cc1cc[c-]c2c1ccn1nnnc21.Cc1cn2nnnc2c2[c-]cccc12.[Ir].[Ir].[Ir].[Ir].[Ir].[Ir].[c-]1cccc2ccn3cnnc3c12. The molecule has 29 heteroatoms. The van der Waals surface area contributed by atoms with Crippen molar-refractivity contribution in [3.63, 3.8) is 0 Å². The molecule has 6 aromatic carbocycles. The Labute approximate surface area is 605 Å². The Morgan fingerprint density at radius 3 is 1.50 bits per heavy atom. The van der Waals surface area contributed by atoms with Crippen molar-refractivity contribution in [2.75, 3.05) is 0 Å². The second-order valence-corrected chi connectivity index (χ2v) is 21.0. The van der Waals surface area contributed by atoms with Crippen LogP contribution in [0.1, 0.15) is 48.8 Å². The van der Waals surface area contributed by atoms with Crippen molar-refractivity contribution >= 4 is 98.5 Å². The number of pyridine rings is 6. The number of hydrogen-bond acceptors (Lipinski definition) is 17. The molecule has 18 aromatic rings. The summed E-state index contributed by atoms with van der Waals surface area (Å²) >= 11 is 0. The molecular weight excluding hydrogens is 2230 g/mol. The van der Waals surface area contributed by atoms with Crippen molar-refractivity contribution in [2.45, 2.75) is 53.9 Å². The van der Waals surface area contributed by atoms with Crippen molar-refractivity contribution in [3.8, 4) is 0 Å². The van der Waals surface area contributed by atoms with Crippen LogP contribution in [0.15, 0.2) is 159 Å². The van der Waals surface area contributed by atoms with Gasteiger partial charge in [0.1, 0.15) is 34.6 Å². The van der Waals surface area contributed by atoms with Crippen LogP contribution in [-0.4, -0.2) is 115 Å². The predicted octanol–water partition coefficient (Wildman–Crippen LogP) is 9.59. The van der Waals surface area contributed by atoms with Gasteiger partial charge in [-0.2, -0.15) is 30.6 Å². The van der Waals surface area contributed by atoms with Crippen LogP contribution in [0, 0.1) is 64.1 Å². The van der Waals surface area contributed by atoms with Gasteiger partial charge < -0.3 is 4.40 Å². The average Bonchev–Trinajstić information content (AvgIpc) is 1.43. The van der Waals surface area contributed by atoms with E-state index < -0.39 is 0 Å². The zero-order chi connectivity index (χ0) is 58.9. The van der Waals surface area contributed by atoms with Gasteiger partial charge >= 0.3 is 0 Å². The summed E-state index contributed by atoms with van der Waals surface area (Å²) in [5.74, 6) is 0. The number of hydrogen-bond donors (Lipinski definition) is 0. The minimum Gasteiger partial charge on any atom is -0.330 e. The van der Waals surface area contributed by atoms with Crippen LogP contribution in [0.4, 0.5) is 0 Å². The second kappa shape index (κ2) is 31.2. The van der Waals surface area contributed by atoms with Crippen LogP contribution in [0.3, 0.4) is 0 Å². The molecule has 0 bridgehead atoms. The van der Waals surface area contributed by atoms with Gasteiger partial charge in [-0.05, 0) is 56.5 Å². The van der Waals surface area contributed by atoms with Crippen molar-refractivity contribution in [1.29, 1.82) is 0 Å². The topological polar surface area (TPSA) is 246 Å². The molecule has 0 unspecified atom stereocenters. The molecule has 18 rings (SSSR count). The van der Waals surface area contributed by atoms with Crippen molar-refractivity contribution < 1.29 is 121 Å². The van der Waals surface area contributed by atoms with Crippen molar-refractivity contribution in [1.82, 2.24) is 115 Å². The van der Waals surface area contributed by atoms with Gasteiger partial charge in [-0.25, -0.2) is 22.6 Å². The fraction of sp³-hybridized carbons (Fsp3) is 0.127. The van der Waals surface area contributed by atoms with Gasteiger partial charge in [0.05, 0.1) is 5.65 Å². The fourth-order valence-corrected chi connectivity index (χ4v) is 9.95. The zero-order valence-electron chi connectivity index (χ0n) is 49.3. The van der Waals surface area contributed by atoms with Gasteiger partial charge in [-0.1, -0.05) is 118 Å². The molecule has 0 aliphatic rings. The first-order valence-corrected chi connectivity index (χ1v) is 27.0. The molecule has 0 saturated carbocycles. The molecule has 474 valence electrons. The van der Waals surface area contributed by atoms with Crippen LogP contribution in [0.5, 0.6) is 0 Å². The van der Waals surface area contributed by atoms with Gasteiger partial charge in [0, 0.05) is 156 Å². The van der Waals surface area contributed by atoms with E-state index in [2.05, 4.69) is 182 Å². The van der Waals surface area contributed by atoms with Gasteiger partial charge in [0.15, 0.2) is 0 Å². The number of tetrazole rings is 5. The summed E-state index contributed by atoms with van der Waals surface area (Å²) in [7, 11) is 0. The molecule has 0 spiro atoms. The molecule has 0 aliphatic carbocycles. The third-order valence-corrected chi connectivity index (χ3v) is 14.1. The summed E-state index contributed by atoms with van der Waals surface area (Å²) in [4.78, 5) is 0. The molecule has 0 fully saturated rings. The first kappa shape index (κ1) is 71.6. The van der Waals surface area contributed by atoms with Crippen molar-refractivity contribution in [2.24, 2.45) is 0 Å². The van der Waals surface area contributed by atoms with E-state index in [0.717, 1.165) is 115 Å². The standard InChI is InChI=1S/C13H13N4.4C10H7N4.C10H6N3.6Ir/c1-13(2,3)11-8-9-6-4-5-7-10(9)12-14-15-16-17(11)12;1-7-2-3-9-8(6-7)4-5-14-10(9)11-12-13-14;1-7-3-2-4-9-8(7)5-6-14-10(9)11-12-13-14;1-7-6-14-10(11-12-13-14)9-5-3-2-4-8(7)9;1-7-6-8-4-2-3-5-9(8)10-11-12-13-14(7)10;1-2-4-9-8(3-1)5-6-13-7-11-12-10(9)13;;;;;;/h4-6,8H,1-3H3;2,4-6H,1H3;2-3,5-6H,1H3;2*2-4,6H,1H3;1-3,5-7H;;;;;;/q6*-1;;;;;;. The Morgan fingerprint density at radius 2 is 0.848 bits per heavy atom. The molecular formula is C63H47Ir6N23-6. The van der Waals surface area contributed by atoms with Crippen LogP contribution < -0.4 is 0 Å². The predicted molar refractivity (Wildman–Crippen MR) is 323 cm³/mol. The van der Waals surface area contributed by atoms with Crippen LogP contribution in [0.2, 0.25) is 0 Å². The molecule has 0 aliphatic heterocycles. The summed E-state index contributed by atoms with van der Waals surface area (Å²) in [6.45, 7) is 14.6. The number of nitrogens with zero attached hydrogens (tertiary/aromatic N) is 23. The molecule has 0 atom stereocenters. The molecule has 6 radical (unpaired) electrons. The minimum atomic E-state index is -0.00232. The molecule has 12 heterocycles. The van der Waals surface area contributed by atoms with E-state index in [9.17, 15) is 0 Å². The van der Waals surface area contributed by atoms with Gasteiger partial charge in [0.2, 0.25) is 0 Å². The molecule has 92 heavy (non-hydrogen) atoms. The first-order chi connectivity index (χ1) is 41.9. The smallest absolute Gasteiger partial charge is 0.114 e. The minimum absolute atomic E-state index is 0. The average molecular weight is 2280 g/mol. The number of benzene rings is 6.